The third-order valence-corrected chi connectivity index (χ3v) is 5.13. The van der Waals surface area contributed by atoms with E-state index in [0.29, 0.717) is 13.1 Å². The monoisotopic (exact) mass is 526 g/mol. The van der Waals surface area contributed by atoms with Crippen LogP contribution in [0.4, 0.5) is 0 Å². The third-order valence-electron chi connectivity index (χ3n) is 5.13. The van der Waals surface area contributed by atoms with Gasteiger partial charge >= 0.3 is 0 Å². The van der Waals surface area contributed by atoms with Gasteiger partial charge in [-0.25, -0.2) is 0 Å². The molecule has 0 saturated carbocycles. The van der Waals surface area contributed by atoms with Gasteiger partial charge in [0, 0.05) is 72.4 Å². The molecular weight excluding hydrogens is 487 g/mol. The minimum absolute atomic E-state index is 0. The number of nitrogens with zero attached hydrogens (tertiary/aromatic N) is 4. The molecule has 9 nitrogen and oxygen atoms in total. The van der Waals surface area contributed by atoms with E-state index in [1.807, 2.05) is 18.7 Å². The first-order valence-corrected chi connectivity index (χ1v) is 10.4. The summed E-state index contributed by atoms with van der Waals surface area (Å²) < 4.78 is 5.36. The molecule has 0 bridgehead atoms. The molecule has 0 aliphatic carbocycles. The summed E-state index contributed by atoms with van der Waals surface area (Å²) in [6, 6.07) is 0. The molecule has 0 spiro atoms. The standard InChI is InChI=1S/C19H38N6O3.HI/c1-4-20-18(21-5-6-23-7-9-25(10-8-23)17(2)26)22-15-19(3,27)16-24-11-13-28-14-12-24;/h27H,4-16H2,1-3H3,(H2,20,21,22);1H. The Morgan fingerprint density at radius 1 is 1.10 bits per heavy atom. The minimum atomic E-state index is -0.872. The number of amides is 1. The molecule has 2 heterocycles. The molecule has 2 aliphatic rings. The third kappa shape index (κ3) is 10.3. The maximum atomic E-state index is 11.4. The second kappa shape index (κ2) is 13.6. The number of β-amino-alcohol motifs (C(OH)–C–C–N with tert-alkyl or cyclic N) is 1. The quantitative estimate of drug-likeness (QED) is 0.221. The summed E-state index contributed by atoms with van der Waals surface area (Å²) in [6.45, 7) is 15.5. The minimum Gasteiger partial charge on any atom is -0.387 e. The van der Waals surface area contributed by atoms with E-state index >= 15 is 0 Å². The largest absolute Gasteiger partial charge is 0.387 e. The van der Waals surface area contributed by atoms with Gasteiger partial charge in [-0.1, -0.05) is 0 Å². The van der Waals surface area contributed by atoms with Crippen molar-refractivity contribution < 1.29 is 14.6 Å². The summed E-state index contributed by atoms with van der Waals surface area (Å²) in [6.07, 6.45) is 0. The molecule has 2 fully saturated rings. The van der Waals surface area contributed by atoms with Crippen LogP contribution < -0.4 is 10.6 Å². The second-order valence-corrected chi connectivity index (χ2v) is 7.86. The fourth-order valence-electron chi connectivity index (χ4n) is 3.50. The van der Waals surface area contributed by atoms with Gasteiger partial charge in [0.2, 0.25) is 5.91 Å². The van der Waals surface area contributed by atoms with Crippen molar-refractivity contribution in [2.24, 2.45) is 4.99 Å². The zero-order valence-corrected chi connectivity index (χ0v) is 20.5. The van der Waals surface area contributed by atoms with E-state index in [-0.39, 0.29) is 29.9 Å². The molecule has 0 aromatic heterocycles. The van der Waals surface area contributed by atoms with Crippen LogP contribution in [0, 0.1) is 0 Å². The number of rotatable bonds is 8. The number of carbonyl (C=O) groups is 1. The van der Waals surface area contributed by atoms with Gasteiger partial charge in [0.25, 0.3) is 0 Å². The van der Waals surface area contributed by atoms with E-state index in [1.165, 1.54) is 0 Å². The molecule has 29 heavy (non-hydrogen) atoms. The second-order valence-electron chi connectivity index (χ2n) is 7.86. The summed E-state index contributed by atoms with van der Waals surface area (Å²) in [5, 5.41) is 17.3. The molecule has 2 aliphatic heterocycles. The average Bonchev–Trinajstić information content (AvgIpc) is 2.67. The van der Waals surface area contributed by atoms with Crippen LogP contribution in [0.5, 0.6) is 0 Å². The highest BCUT2D eigenvalue weighted by molar-refractivity contribution is 14.0. The van der Waals surface area contributed by atoms with Crippen molar-refractivity contribution in [3.05, 3.63) is 0 Å². The van der Waals surface area contributed by atoms with Crippen molar-refractivity contribution in [3.63, 3.8) is 0 Å². The fraction of sp³-hybridized carbons (Fsp3) is 0.895. The van der Waals surface area contributed by atoms with Crippen molar-refractivity contribution in [2.75, 3.05) is 85.2 Å². The smallest absolute Gasteiger partial charge is 0.219 e. The lowest BCUT2D eigenvalue weighted by atomic mass is 10.1. The predicted molar refractivity (Wildman–Crippen MR) is 126 cm³/mol. The van der Waals surface area contributed by atoms with Gasteiger partial charge in [-0.05, 0) is 13.8 Å². The summed E-state index contributed by atoms with van der Waals surface area (Å²) >= 11 is 0. The van der Waals surface area contributed by atoms with E-state index in [1.54, 1.807) is 6.92 Å². The van der Waals surface area contributed by atoms with E-state index in [0.717, 1.165) is 78.1 Å². The van der Waals surface area contributed by atoms with Gasteiger partial charge in [0.1, 0.15) is 0 Å². The van der Waals surface area contributed by atoms with E-state index in [4.69, 9.17) is 4.74 Å². The number of morpholine rings is 1. The number of carbonyl (C=O) groups excluding carboxylic acids is 1. The van der Waals surface area contributed by atoms with Crippen LogP contribution in [0.1, 0.15) is 20.8 Å². The van der Waals surface area contributed by atoms with Crippen molar-refractivity contribution in [1.29, 1.82) is 0 Å². The van der Waals surface area contributed by atoms with Crippen LogP contribution in [0.3, 0.4) is 0 Å². The molecule has 10 heteroatoms. The zero-order chi connectivity index (χ0) is 20.4. The molecule has 0 radical (unpaired) electrons. The SMILES string of the molecule is CCNC(=NCC(C)(O)CN1CCOCC1)NCCN1CCN(C(C)=O)CC1.I. The first-order chi connectivity index (χ1) is 13.4. The van der Waals surface area contributed by atoms with Gasteiger partial charge in [-0.15, -0.1) is 24.0 Å². The first-order valence-electron chi connectivity index (χ1n) is 10.4. The van der Waals surface area contributed by atoms with Crippen molar-refractivity contribution in [3.8, 4) is 0 Å². The van der Waals surface area contributed by atoms with Crippen LogP contribution in [0.25, 0.3) is 0 Å². The molecule has 0 aromatic rings. The first kappa shape index (κ1) is 26.3. The Labute approximate surface area is 192 Å². The number of aliphatic imine (C=N–C) groups is 1. The van der Waals surface area contributed by atoms with Gasteiger partial charge in [-0.2, -0.15) is 0 Å². The van der Waals surface area contributed by atoms with Gasteiger partial charge in [-0.3, -0.25) is 19.6 Å². The molecule has 0 aromatic carbocycles. The van der Waals surface area contributed by atoms with Gasteiger partial charge in [0.05, 0.1) is 25.4 Å². The lowest BCUT2D eigenvalue weighted by molar-refractivity contribution is -0.130. The summed E-state index contributed by atoms with van der Waals surface area (Å²) in [5.74, 6) is 0.885. The summed E-state index contributed by atoms with van der Waals surface area (Å²) in [5.41, 5.74) is -0.872. The van der Waals surface area contributed by atoms with Crippen molar-refractivity contribution in [1.82, 2.24) is 25.3 Å². The highest BCUT2D eigenvalue weighted by Gasteiger charge is 2.25. The molecule has 170 valence electrons. The highest BCUT2D eigenvalue weighted by Crippen LogP contribution is 2.09. The predicted octanol–water partition coefficient (Wildman–Crippen LogP) is -0.593. The number of nitrogens with one attached hydrogen (secondary N) is 2. The van der Waals surface area contributed by atoms with Crippen LogP contribution in [0.2, 0.25) is 0 Å². The Hall–Kier alpha value is -0.690. The molecule has 1 unspecified atom stereocenters. The zero-order valence-electron chi connectivity index (χ0n) is 18.2. The Morgan fingerprint density at radius 2 is 1.76 bits per heavy atom. The summed E-state index contributed by atoms with van der Waals surface area (Å²) in [4.78, 5) is 22.5. The van der Waals surface area contributed by atoms with Crippen molar-refractivity contribution in [2.45, 2.75) is 26.4 Å². The normalized spacial score (nSPS) is 21.2. The number of piperazine rings is 1. The van der Waals surface area contributed by atoms with Crippen LogP contribution in [0.15, 0.2) is 4.99 Å². The summed E-state index contributed by atoms with van der Waals surface area (Å²) in [7, 11) is 0. The Kier molecular flexibility index (Phi) is 12.3. The fourth-order valence-corrected chi connectivity index (χ4v) is 3.50. The topological polar surface area (TPSA) is 92.7 Å². The molecular formula is C19H39IN6O3. The molecule has 1 amide bonds. The van der Waals surface area contributed by atoms with Crippen LogP contribution in [-0.2, 0) is 9.53 Å². The highest BCUT2D eigenvalue weighted by atomic mass is 127. The molecule has 3 N–H and O–H groups in total. The lowest BCUT2D eigenvalue weighted by Gasteiger charge is -2.34. The van der Waals surface area contributed by atoms with Crippen molar-refractivity contribution >= 4 is 35.8 Å². The number of hydrogen-bond acceptors (Lipinski definition) is 6. The number of ether oxygens (including phenoxy) is 1. The number of hydrogen-bond donors (Lipinski definition) is 3. The number of guanidine groups is 1. The number of halogens is 1. The van der Waals surface area contributed by atoms with Gasteiger partial charge in [0.15, 0.2) is 5.96 Å². The molecule has 1 atom stereocenters. The van der Waals surface area contributed by atoms with Gasteiger partial charge < -0.3 is 25.4 Å². The van der Waals surface area contributed by atoms with Crippen LogP contribution >= 0.6 is 24.0 Å². The Morgan fingerprint density at radius 3 is 2.34 bits per heavy atom. The van der Waals surface area contributed by atoms with E-state index < -0.39 is 5.60 Å². The number of aliphatic hydroxyl groups is 1. The lowest BCUT2D eigenvalue weighted by Crippen LogP contribution is -2.50. The molecule has 2 rings (SSSR count). The maximum Gasteiger partial charge on any atom is 0.219 e. The Balaban J connectivity index is 0.00000420. The average molecular weight is 526 g/mol. The van der Waals surface area contributed by atoms with E-state index in [2.05, 4.69) is 25.4 Å². The molecule has 2 saturated heterocycles. The Bertz CT molecular complexity index is 506. The maximum absolute atomic E-state index is 11.4. The van der Waals surface area contributed by atoms with Crippen LogP contribution in [-0.4, -0.2) is 122 Å². The van der Waals surface area contributed by atoms with E-state index in [9.17, 15) is 9.90 Å².